The molecule has 6 heteroatoms. The van der Waals surface area contributed by atoms with Crippen LogP contribution >= 0.6 is 0 Å². The predicted molar refractivity (Wildman–Crippen MR) is 73.9 cm³/mol. The average molecular weight is 277 g/mol. The average Bonchev–Trinajstić information content (AvgIpc) is 2.41. The van der Waals surface area contributed by atoms with Crippen LogP contribution in [0.1, 0.15) is 11.1 Å². The number of nitrogen functional groups attached to an aromatic ring is 1. The van der Waals surface area contributed by atoms with E-state index in [-0.39, 0.29) is 11.4 Å². The van der Waals surface area contributed by atoms with Gasteiger partial charge in [-0.25, -0.2) is 13.1 Å². The van der Waals surface area contributed by atoms with Crippen LogP contribution in [0.15, 0.2) is 47.6 Å². The highest BCUT2D eigenvalue weighted by molar-refractivity contribution is 7.89. The van der Waals surface area contributed by atoms with E-state index >= 15 is 0 Å². The van der Waals surface area contributed by atoms with Gasteiger partial charge in [-0.2, -0.15) is 0 Å². The molecular weight excluding hydrogens is 262 g/mol. The highest BCUT2D eigenvalue weighted by Gasteiger charge is 2.14. The first-order chi connectivity index (χ1) is 8.99. The van der Waals surface area contributed by atoms with Crippen LogP contribution in [0.5, 0.6) is 0 Å². The lowest BCUT2D eigenvalue weighted by atomic mass is 10.2. The van der Waals surface area contributed by atoms with E-state index in [0.29, 0.717) is 5.69 Å². The smallest absolute Gasteiger partial charge is 0.240 e. The van der Waals surface area contributed by atoms with Crippen molar-refractivity contribution >= 4 is 15.7 Å². The molecule has 3 N–H and O–H groups in total. The van der Waals surface area contributed by atoms with Crippen LogP contribution < -0.4 is 10.5 Å². The lowest BCUT2D eigenvalue weighted by Crippen LogP contribution is -2.23. The fraction of sp³-hybridized carbons (Fsp3) is 0.154. The van der Waals surface area contributed by atoms with E-state index in [1.165, 1.54) is 6.07 Å². The molecule has 0 aliphatic heterocycles. The Morgan fingerprint density at radius 3 is 2.74 bits per heavy atom. The number of hydrogen-bond acceptors (Lipinski definition) is 4. The Morgan fingerprint density at radius 1 is 1.32 bits per heavy atom. The van der Waals surface area contributed by atoms with Gasteiger partial charge in [0, 0.05) is 24.6 Å². The summed E-state index contributed by atoms with van der Waals surface area (Å²) in [5.74, 6) is 0. The van der Waals surface area contributed by atoms with E-state index in [4.69, 9.17) is 5.73 Å². The van der Waals surface area contributed by atoms with Crippen molar-refractivity contribution in [3.05, 3.63) is 53.9 Å². The summed E-state index contributed by atoms with van der Waals surface area (Å²) in [7, 11) is -3.53. The maximum Gasteiger partial charge on any atom is 0.240 e. The summed E-state index contributed by atoms with van der Waals surface area (Å²) in [6.45, 7) is 1.98. The monoisotopic (exact) mass is 277 g/mol. The first-order valence-electron chi connectivity index (χ1n) is 5.74. The van der Waals surface area contributed by atoms with E-state index in [0.717, 1.165) is 11.1 Å². The van der Waals surface area contributed by atoms with E-state index in [1.807, 2.05) is 6.07 Å². The highest BCUT2D eigenvalue weighted by atomic mass is 32.2. The summed E-state index contributed by atoms with van der Waals surface area (Å²) in [5, 5.41) is 0. The second-order valence-electron chi connectivity index (χ2n) is 4.20. The van der Waals surface area contributed by atoms with Gasteiger partial charge in [-0.15, -0.1) is 0 Å². The van der Waals surface area contributed by atoms with Crippen molar-refractivity contribution < 1.29 is 8.42 Å². The molecule has 0 atom stereocenters. The summed E-state index contributed by atoms with van der Waals surface area (Å²) in [4.78, 5) is 4.14. The van der Waals surface area contributed by atoms with Crippen molar-refractivity contribution in [1.82, 2.24) is 9.71 Å². The molecule has 1 heterocycles. The molecule has 2 rings (SSSR count). The Kier molecular flexibility index (Phi) is 3.82. The zero-order valence-electron chi connectivity index (χ0n) is 10.5. The van der Waals surface area contributed by atoms with Crippen molar-refractivity contribution in [3.63, 3.8) is 0 Å². The van der Waals surface area contributed by atoms with Gasteiger partial charge >= 0.3 is 0 Å². The van der Waals surface area contributed by atoms with Crippen LogP contribution in [0.4, 0.5) is 5.69 Å². The van der Waals surface area contributed by atoms with Crippen molar-refractivity contribution in [2.45, 2.75) is 18.4 Å². The normalized spacial score (nSPS) is 11.4. The van der Waals surface area contributed by atoms with Gasteiger partial charge in [-0.1, -0.05) is 6.07 Å². The molecule has 19 heavy (non-hydrogen) atoms. The first-order valence-corrected chi connectivity index (χ1v) is 7.22. The second kappa shape index (κ2) is 5.38. The minimum atomic E-state index is -3.53. The minimum Gasteiger partial charge on any atom is -0.399 e. The minimum absolute atomic E-state index is 0.208. The zero-order chi connectivity index (χ0) is 13.9. The molecule has 0 unspecified atom stereocenters. The Morgan fingerprint density at radius 2 is 2.11 bits per heavy atom. The highest BCUT2D eigenvalue weighted by Crippen LogP contribution is 2.16. The van der Waals surface area contributed by atoms with Crippen LogP contribution in [0, 0.1) is 6.92 Å². The number of benzene rings is 1. The van der Waals surface area contributed by atoms with Gasteiger partial charge in [-0.05, 0) is 42.3 Å². The fourth-order valence-corrected chi connectivity index (χ4v) is 2.68. The van der Waals surface area contributed by atoms with Crippen molar-refractivity contribution in [2.24, 2.45) is 0 Å². The van der Waals surface area contributed by atoms with E-state index in [9.17, 15) is 8.42 Å². The van der Waals surface area contributed by atoms with Gasteiger partial charge in [0.2, 0.25) is 10.0 Å². The van der Waals surface area contributed by atoms with Gasteiger partial charge in [0.15, 0.2) is 0 Å². The predicted octanol–water partition coefficient (Wildman–Crippen LogP) is 1.45. The largest absolute Gasteiger partial charge is 0.399 e. The summed E-state index contributed by atoms with van der Waals surface area (Å²) < 4.78 is 26.7. The van der Waals surface area contributed by atoms with Crippen molar-refractivity contribution in [1.29, 1.82) is 0 Å². The van der Waals surface area contributed by atoms with Crippen LogP contribution in [0.3, 0.4) is 0 Å². The molecule has 0 aliphatic carbocycles. The van der Waals surface area contributed by atoms with E-state index in [1.54, 1.807) is 37.5 Å². The van der Waals surface area contributed by atoms with E-state index in [2.05, 4.69) is 9.71 Å². The number of nitrogens with zero attached hydrogens (tertiary/aromatic N) is 1. The number of nitrogens with two attached hydrogens (primary N) is 1. The second-order valence-corrected chi connectivity index (χ2v) is 5.97. The third-order valence-corrected chi connectivity index (χ3v) is 4.14. The quantitative estimate of drug-likeness (QED) is 0.828. The molecule has 2 aromatic rings. The molecular formula is C13H15N3O2S. The Bertz CT molecular complexity index is 670. The van der Waals surface area contributed by atoms with Crippen molar-refractivity contribution in [2.75, 3.05) is 5.73 Å². The lowest BCUT2D eigenvalue weighted by molar-refractivity contribution is 0.581. The van der Waals surface area contributed by atoms with Crippen LogP contribution in [0.2, 0.25) is 0 Å². The van der Waals surface area contributed by atoms with Gasteiger partial charge < -0.3 is 5.73 Å². The molecule has 0 amide bonds. The molecule has 0 spiro atoms. The molecule has 0 bridgehead atoms. The van der Waals surface area contributed by atoms with Crippen LogP contribution in [-0.4, -0.2) is 13.4 Å². The maximum atomic E-state index is 12.1. The van der Waals surface area contributed by atoms with Gasteiger partial charge in [-0.3, -0.25) is 4.98 Å². The summed E-state index contributed by atoms with van der Waals surface area (Å²) in [5.41, 5.74) is 7.79. The van der Waals surface area contributed by atoms with Gasteiger partial charge in [0.25, 0.3) is 0 Å². The standard InChI is InChI=1S/C13H15N3O2S/c1-10-7-12(4-5-13(10)14)19(17,18)16-9-11-3-2-6-15-8-11/h2-8,16H,9,14H2,1H3. The Balaban J connectivity index is 2.16. The molecule has 0 aliphatic rings. The molecule has 0 saturated heterocycles. The van der Waals surface area contributed by atoms with Crippen molar-refractivity contribution in [3.8, 4) is 0 Å². The maximum absolute atomic E-state index is 12.1. The molecule has 0 fully saturated rings. The fourth-order valence-electron chi connectivity index (χ4n) is 1.58. The molecule has 1 aromatic carbocycles. The SMILES string of the molecule is Cc1cc(S(=O)(=O)NCc2cccnc2)ccc1N. The van der Waals surface area contributed by atoms with Gasteiger partial charge in [0.1, 0.15) is 0 Å². The summed E-state index contributed by atoms with van der Waals surface area (Å²) in [6, 6.07) is 8.21. The zero-order valence-corrected chi connectivity index (χ0v) is 11.3. The number of aromatic nitrogens is 1. The Labute approximate surface area is 112 Å². The number of aryl methyl sites for hydroxylation is 1. The molecule has 0 saturated carbocycles. The number of pyridine rings is 1. The molecule has 0 radical (unpaired) electrons. The summed E-state index contributed by atoms with van der Waals surface area (Å²) >= 11 is 0. The lowest BCUT2D eigenvalue weighted by Gasteiger charge is -2.08. The third kappa shape index (κ3) is 3.30. The molecule has 100 valence electrons. The number of sulfonamides is 1. The number of nitrogens with one attached hydrogen (secondary N) is 1. The summed E-state index contributed by atoms with van der Waals surface area (Å²) in [6.07, 6.45) is 3.26. The number of rotatable bonds is 4. The van der Waals surface area contributed by atoms with Gasteiger partial charge in [0.05, 0.1) is 4.90 Å². The third-order valence-electron chi connectivity index (χ3n) is 2.74. The molecule has 1 aromatic heterocycles. The van der Waals surface area contributed by atoms with E-state index < -0.39 is 10.0 Å². The molecule has 5 nitrogen and oxygen atoms in total. The Hall–Kier alpha value is -1.92. The number of hydrogen-bond donors (Lipinski definition) is 2. The first kappa shape index (κ1) is 13.5. The van der Waals surface area contributed by atoms with Crippen LogP contribution in [-0.2, 0) is 16.6 Å². The van der Waals surface area contributed by atoms with Crippen LogP contribution in [0.25, 0.3) is 0 Å². The number of anilines is 1. The topological polar surface area (TPSA) is 85.1 Å².